The van der Waals surface area contributed by atoms with Crippen molar-refractivity contribution in [1.82, 2.24) is 10.2 Å². The van der Waals surface area contributed by atoms with Crippen molar-refractivity contribution in [1.29, 1.82) is 0 Å². The molecule has 0 aliphatic carbocycles. The predicted molar refractivity (Wildman–Crippen MR) is 75.4 cm³/mol. The number of nitrogens with one attached hydrogen (secondary N) is 1. The molecule has 5 nitrogen and oxygen atoms in total. The fourth-order valence-electron chi connectivity index (χ4n) is 2.14. The Balaban J connectivity index is 1.74. The second kappa shape index (κ2) is 6.41. The van der Waals surface area contributed by atoms with Crippen LogP contribution in [0.4, 0.5) is 0 Å². The van der Waals surface area contributed by atoms with Crippen LogP contribution in [0.2, 0.25) is 0 Å². The minimum Gasteiger partial charge on any atom is -0.492 e. The summed E-state index contributed by atoms with van der Waals surface area (Å²) in [5, 5.41) is 2.67. The van der Waals surface area contributed by atoms with E-state index in [-0.39, 0.29) is 17.7 Å². The lowest BCUT2D eigenvalue weighted by molar-refractivity contribution is -0.134. The largest absolute Gasteiger partial charge is 0.492 e. The molecule has 1 atom stereocenters. The third-order valence-electron chi connectivity index (χ3n) is 3.42. The van der Waals surface area contributed by atoms with E-state index >= 15 is 0 Å². The van der Waals surface area contributed by atoms with Gasteiger partial charge < -0.3 is 15.0 Å². The average Bonchev–Trinajstić information content (AvgIpc) is 2.86. The van der Waals surface area contributed by atoms with Gasteiger partial charge in [-0.3, -0.25) is 9.59 Å². The number of hydrogen-bond donors (Lipinski definition) is 1. The highest BCUT2D eigenvalue weighted by Crippen LogP contribution is 2.13. The summed E-state index contributed by atoms with van der Waals surface area (Å²) in [6, 6.07) is 7.80. The van der Waals surface area contributed by atoms with Crippen molar-refractivity contribution in [2.24, 2.45) is 5.92 Å². The van der Waals surface area contributed by atoms with E-state index in [1.165, 1.54) is 5.56 Å². The van der Waals surface area contributed by atoms with Gasteiger partial charge in [-0.1, -0.05) is 17.7 Å². The molecule has 1 N–H and O–H groups in total. The molecule has 0 aromatic heterocycles. The van der Waals surface area contributed by atoms with Crippen LogP contribution in [0.25, 0.3) is 0 Å². The number of rotatable bonds is 5. The second-order valence-electron chi connectivity index (χ2n) is 5.13. The zero-order valence-corrected chi connectivity index (χ0v) is 11.9. The molecule has 1 unspecified atom stereocenters. The van der Waals surface area contributed by atoms with E-state index in [2.05, 4.69) is 5.32 Å². The van der Waals surface area contributed by atoms with Gasteiger partial charge in [0.1, 0.15) is 12.4 Å². The second-order valence-corrected chi connectivity index (χ2v) is 5.13. The maximum absolute atomic E-state index is 12.1. The number of carbonyl (C=O) groups is 2. The summed E-state index contributed by atoms with van der Waals surface area (Å²) in [4.78, 5) is 24.8. The number of amides is 2. The summed E-state index contributed by atoms with van der Waals surface area (Å²) in [6.45, 7) is 3.42. The van der Waals surface area contributed by atoms with Crippen LogP contribution < -0.4 is 10.1 Å². The minimum absolute atomic E-state index is 0.00384. The first-order valence-corrected chi connectivity index (χ1v) is 6.77. The highest BCUT2D eigenvalue weighted by molar-refractivity contribution is 5.89. The molecule has 2 amide bonds. The number of aryl methyl sites for hydroxylation is 1. The summed E-state index contributed by atoms with van der Waals surface area (Å²) < 4.78 is 5.59. The third kappa shape index (κ3) is 3.73. The van der Waals surface area contributed by atoms with Crippen molar-refractivity contribution in [3.63, 3.8) is 0 Å². The number of hydrogen-bond acceptors (Lipinski definition) is 3. The molecule has 1 aliphatic rings. The molecule has 0 radical (unpaired) electrons. The normalized spacial score (nSPS) is 17.7. The van der Waals surface area contributed by atoms with Gasteiger partial charge in [0.05, 0.1) is 12.5 Å². The maximum Gasteiger partial charge on any atom is 0.227 e. The Labute approximate surface area is 118 Å². The van der Waals surface area contributed by atoms with Gasteiger partial charge >= 0.3 is 0 Å². The summed E-state index contributed by atoms with van der Waals surface area (Å²) in [7, 11) is 1.74. The van der Waals surface area contributed by atoms with Gasteiger partial charge in [0.15, 0.2) is 0 Å². The Bertz CT molecular complexity index is 484. The van der Waals surface area contributed by atoms with Crippen LogP contribution in [0.3, 0.4) is 0 Å². The molecule has 1 heterocycles. The Hall–Kier alpha value is -2.04. The molecule has 0 saturated carbocycles. The summed E-state index contributed by atoms with van der Waals surface area (Å²) in [6.07, 6.45) is 0.294. The third-order valence-corrected chi connectivity index (χ3v) is 3.42. The first-order valence-electron chi connectivity index (χ1n) is 6.77. The SMILES string of the molecule is Cc1ccc(OCCN(C)C(=O)C2CNC(=O)C2)cc1. The molecule has 1 aromatic rings. The lowest BCUT2D eigenvalue weighted by Gasteiger charge is -2.20. The van der Waals surface area contributed by atoms with Crippen LogP contribution in [0, 0.1) is 12.8 Å². The molecule has 20 heavy (non-hydrogen) atoms. The molecule has 2 rings (SSSR count). The van der Waals surface area contributed by atoms with Gasteiger partial charge in [0.25, 0.3) is 0 Å². The molecule has 0 bridgehead atoms. The van der Waals surface area contributed by atoms with Gasteiger partial charge in [-0.15, -0.1) is 0 Å². The fraction of sp³-hybridized carbons (Fsp3) is 0.467. The molecule has 0 spiro atoms. The lowest BCUT2D eigenvalue weighted by atomic mass is 10.1. The average molecular weight is 276 g/mol. The maximum atomic E-state index is 12.1. The van der Waals surface area contributed by atoms with Gasteiger partial charge in [0.2, 0.25) is 11.8 Å². The van der Waals surface area contributed by atoms with E-state index in [0.717, 1.165) is 5.75 Å². The van der Waals surface area contributed by atoms with Gasteiger partial charge in [-0.2, -0.15) is 0 Å². The van der Waals surface area contributed by atoms with E-state index in [1.54, 1.807) is 11.9 Å². The molecule has 1 fully saturated rings. The molecular formula is C15H20N2O3. The number of nitrogens with zero attached hydrogens (tertiary/aromatic N) is 1. The monoisotopic (exact) mass is 276 g/mol. The molecule has 1 aliphatic heterocycles. The van der Waals surface area contributed by atoms with Crippen LogP contribution >= 0.6 is 0 Å². The number of benzene rings is 1. The summed E-state index contributed by atoms with van der Waals surface area (Å²) in [5.74, 6) is 0.518. The van der Waals surface area contributed by atoms with E-state index in [9.17, 15) is 9.59 Å². The van der Waals surface area contributed by atoms with E-state index in [0.29, 0.717) is 26.1 Å². The number of likely N-dealkylation sites (N-methyl/N-ethyl adjacent to an activating group) is 1. The zero-order chi connectivity index (χ0) is 14.5. The van der Waals surface area contributed by atoms with Crippen molar-refractivity contribution in [3.05, 3.63) is 29.8 Å². The lowest BCUT2D eigenvalue weighted by Crippen LogP contribution is -2.36. The number of carbonyl (C=O) groups excluding carboxylic acids is 2. The van der Waals surface area contributed by atoms with Crippen LogP contribution in [0.5, 0.6) is 5.75 Å². The van der Waals surface area contributed by atoms with Crippen LogP contribution in [-0.2, 0) is 9.59 Å². The Morgan fingerprint density at radius 3 is 2.70 bits per heavy atom. The fourth-order valence-corrected chi connectivity index (χ4v) is 2.14. The Morgan fingerprint density at radius 2 is 2.10 bits per heavy atom. The molecule has 1 aromatic carbocycles. The minimum atomic E-state index is -0.230. The van der Waals surface area contributed by atoms with E-state index in [4.69, 9.17) is 4.74 Å². The van der Waals surface area contributed by atoms with Crippen molar-refractivity contribution in [3.8, 4) is 5.75 Å². The molecular weight excluding hydrogens is 256 g/mol. The molecule has 108 valence electrons. The first-order chi connectivity index (χ1) is 9.56. The highest BCUT2D eigenvalue weighted by Gasteiger charge is 2.29. The summed E-state index contributed by atoms with van der Waals surface area (Å²) in [5.41, 5.74) is 1.18. The Morgan fingerprint density at radius 1 is 1.40 bits per heavy atom. The van der Waals surface area contributed by atoms with Crippen molar-refractivity contribution in [2.45, 2.75) is 13.3 Å². The van der Waals surface area contributed by atoms with Crippen LogP contribution in [-0.4, -0.2) is 43.5 Å². The first kappa shape index (κ1) is 14.4. The van der Waals surface area contributed by atoms with Crippen molar-refractivity contribution in [2.75, 3.05) is 26.7 Å². The van der Waals surface area contributed by atoms with Crippen molar-refractivity contribution < 1.29 is 14.3 Å². The van der Waals surface area contributed by atoms with E-state index in [1.807, 2.05) is 31.2 Å². The molecule has 5 heteroatoms. The van der Waals surface area contributed by atoms with Gasteiger partial charge in [0, 0.05) is 20.0 Å². The van der Waals surface area contributed by atoms with E-state index < -0.39 is 0 Å². The van der Waals surface area contributed by atoms with Gasteiger partial charge in [-0.25, -0.2) is 0 Å². The summed E-state index contributed by atoms with van der Waals surface area (Å²) >= 11 is 0. The van der Waals surface area contributed by atoms with Gasteiger partial charge in [-0.05, 0) is 19.1 Å². The van der Waals surface area contributed by atoms with Crippen LogP contribution in [0.15, 0.2) is 24.3 Å². The zero-order valence-electron chi connectivity index (χ0n) is 11.9. The van der Waals surface area contributed by atoms with Crippen molar-refractivity contribution >= 4 is 11.8 Å². The number of ether oxygens (including phenoxy) is 1. The smallest absolute Gasteiger partial charge is 0.227 e. The standard InChI is InChI=1S/C15H20N2O3/c1-11-3-5-13(6-4-11)20-8-7-17(2)15(19)12-9-14(18)16-10-12/h3-6,12H,7-10H2,1-2H3,(H,16,18). The topological polar surface area (TPSA) is 58.6 Å². The quantitative estimate of drug-likeness (QED) is 0.871. The molecule has 1 saturated heterocycles. The highest BCUT2D eigenvalue weighted by atomic mass is 16.5. The Kier molecular flexibility index (Phi) is 4.61. The van der Waals surface area contributed by atoms with Crippen LogP contribution in [0.1, 0.15) is 12.0 Å². The predicted octanol–water partition coefficient (Wildman–Crippen LogP) is 0.968.